The number of benzene rings is 1. The van der Waals surface area contributed by atoms with Crippen LogP contribution in [0.25, 0.3) is 0 Å². The fourth-order valence-corrected chi connectivity index (χ4v) is 1.91. The van der Waals surface area contributed by atoms with E-state index >= 15 is 0 Å². The molecule has 0 aliphatic carbocycles. The lowest BCUT2D eigenvalue weighted by molar-refractivity contribution is -0.304. The Morgan fingerprint density at radius 1 is 1.14 bits per heavy atom. The number of anilines is 1. The molecule has 2 nitrogen and oxygen atoms in total. The summed E-state index contributed by atoms with van der Waals surface area (Å²) in [5, 5.41) is 1.80. The second kappa shape index (κ2) is 6.39. The highest BCUT2D eigenvalue weighted by Gasteiger charge is 2.59. The molecule has 0 amide bonds. The van der Waals surface area contributed by atoms with E-state index in [9.17, 15) is 26.3 Å². The number of ether oxygens (including phenoxy) is 1. The molecule has 1 rings (SSSR count). The van der Waals surface area contributed by atoms with E-state index < -0.39 is 34.3 Å². The highest BCUT2D eigenvalue weighted by Crippen LogP contribution is 2.42. The number of rotatable bonds is 5. The fraction of sp³-hybridized carbons (Fsp3) is 0.455. The molecule has 0 fully saturated rings. The van der Waals surface area contributed by atoms with Gasteiger partial charge in [0.15, 0.2) is 5.75 Å². The second-order valence-electron chi connectivity index (χ2n) is 3.87. The third-order valence-electron chi connectivity index (χ3n) is 2.20. The first-order valence-corrected chi connectivity index (χ1v) is 6.25. The molecule has 0 heterocycles. The van der Waals surface area contributed by atoms with Crippen LogP contribution >= 0.6 is 23.2 Å². The van der Waals surface area contributed by atoms with E-state index in [2.05, 4.69) is 10.1 Å². The van der Waals surface area contributed by atoms with Crippen molar-refractivity contribution < 1.29 is 31.1 Å². The number of alkyl halides is 6. The minimum atomic E-state index is -5.79. The van der Waals surface area contributed by atoms with Gasteiger partial charge in [0.1, 0.15) is 0 Å². The summed E-state index contributed by atoms with van der Waals surface area (Å²) in [5.41, 5.74) is 0.343. The van der Waals surface area contributed by atoms with Crippen LogP contribution in [0.15, 0.2) is 12.1 Å². The Labute approximate surface area is 126 Å². The third kappa shape index (κ3) is 4.47. The Hall–Kier alpha value is -1.02. The average Bonchev–Trinajstić information content (AvgIpc) is 2.32. The first kappa shape index (κ1) is 18.0. The molecule has 0 aromatic heterocycles. The summed E-state index contributed by atoms with van der Waals surface area (Å²) >= 11 is 11.2. The molecular weight excluding hydrogens is 347 g/mol. The number of hydrogen-bond acceptors (Lipinski definition) is 2. The van der Waals surface area contributed by atoms with Crippen LogP contribution < -0.4 is 10.1 Å². The summed E-state index contributed by atoms with van der Waals surface area (Å²) in [4.78, 5) is 0. The van der Waals surface area contributed by atoms with Crippen molar-refractivity contribution in [1.82, 2.24) is 0 Å². The van der Waals surface area contributed by atoms with E-state index in [1.54, 1.807) is 6.92 Å². The maximum Gasteiger partial charge on any atom is 0.439 e. The van der Waals surface area contributed by atoms with E-state index in [1.807, 2.05) is 0 Å². The molecule has 0 spiro atoms. The van der Waals surface area contributed by atoms with Gasteiger partial charge in [-0.2, -0.15) is 22.0 Å². The standard InChI is InChI=1S/C11H9Cl2F6NO/c1-2-20-5-3-6(12)8(7(13)4-5)21-11(18,19)9(14)10(15,16)17/h3-4,9,20H,2H2,1H3. The Morgan fingerprint density at radius 2 is 1.62 bits per heavy atom. The Kier molecular flexibility index (Phi) is 5.49. The summed E-state index contributed by atoms with van der Waals surface area (Å²) in [6.45, 7) is 2.20. The number of nitrogens with one attached hydrogen (secondary N) is 1. The Morgan fingerprint density at radius 3 is 2.00 bits per heavy atom. The molecule has 10 heteroatoms. The quantitative estimate of drug-likeness (QED) is 0.724. The zero-order valence-corrected chi connectivity index (χ0v) is 11.9. The summed E-state index contributed by atoms with van der Waals surface area (Å²) in [6.07, 6.45) is -15.5. The Balaban J connectivity index is 3.07. The summed E-state index contributed by atoms with van der Waals surface area (Å²) < 4.78 is 78.8. The molecule has 1 unspecified atom stereocenters. The van der Waals surface area contributed by atoms with Crippen molar-refractivity contribution in [2.24, 2.45) is 0 Å². The SMILES string of the molecule is CCNc1cc(Cl)c(OC(F)(F)C(F)C(F)(F)F)c(Cl)c1. The second-order valence-corrected chi connectivity index (χ2v) is 4.68. The average molecular weight is 356 g/mol. The van der Waals surface area contributed by atoms with Crippen LogP contribution in [0.1, 0.15) is 6.92 Å². The van der Waals surface area contributed by atoms with Gasteiger partial charge >= 0.3 is 12.3 Å². The van der Waals surface area contributed by atoms with Crippen LogP contribution in [0.4, 0.5) is 32.0 Å². The van der Waals surface area contributed by atoms with Gasteiger partial charge in [-0.3, -0.25) is 0 Å². The van der Waals surface area contributed by atoms with E-state index in [0.717, 1.165) is 12.1 Å². The summed E-state index contributed by atoms with van der Waals surface area (Å²) in [5.74, 6) is -0.933. The summed E-state index contributed by atoms with van der Waals surface area (Å²) in [6, 6.07) is 2.23. The van der Waals surface area contributed by atoms with Crippen molar-refractivity contribution in [1.29, 1.82) is 0 Å². The highest BCUT2D eigenvalue weighted by atomic mass is 35.5. The maximum atomic E-state index is 13.2. The molecule has 1 N–H and O–H groups in total. The lowest BCUT2D eigenvalue weighted by Gasteiger charge is -2.24. The molecule has 0 radical (unpaired) electrons. The maximum absolute atomic E-state index is 13.2. The van der Waals surface area contributed by atoms with Gasteiger partial charge in [-0.1, -0.05) is 23.2 Å². The van der Waals surface area contributed by atoms with Gasteiger partial charge < -0.3 is 10.1 Å². The van der Waals surface area contributed by atoms with Crippen LogP contribution in [-0.2, 0) is 0 Å². The van der Waals surface area contributed by atoms with Gasteiger partial charge in [-0.25, -0.2) is 4.39 Å². The van der Waals surface area contributed by atoms with Gasteiger partial charge in [0.2, 0.25) is 0 Å². The first-order chi connectivity index (χ1) is 9.49. The summed E-state index contributed by atoms with van der Waals surface area (Å²) in [7, 11) is 0. The Bertz CT molecular complexity index is 485. The molecule has 1 aromatic rings. The molecule has 0 bridgehead atoms. The van der Waals surface area contributed by atoms with Gasteiger partial charge in [0.05, 0.1) is 10.0 Å². The largest absolute Gasteiger partial charge is 0.439 e. The van der Waals surface area contributed by atoms with E-state index in [4.69, 9.17) is 23.2 Å². The zero-order chi connectivity index (χ0) is 16.4. The van der Waals surface area contributed by atoms with Crippen molar-refractivity contribution in [3.8, 4) is 5.75 Å². The zero-order valence-electron chi connectivity index (χ0n) is 10.4. The van der Waals surface area contributed by atoms with Crippen molar-refractivity contribution in [3.63, 3.8) is 0 Å². The normalized spacial score (nSPS) is 14.0. The topological polar surface area (TPSA) is 21.3 Å². The highest BCUT2D eigenvalue weighted by molar-refractivity contribution is 6.37. The molecule has 120 valence electrons. The van der Waals surface area contributed by atoms with Gasteiger partial charge in [-0.15, -0.1) is 0 Å². The van der Waals surface area contributed by atoms with Crippen LogP contribution in [-0.4, -0.2) is 25.0 Å². The van der Waals surface area contributed by atoms with Crippen molar-refractivity contribution in [3.05, 3.63) is 22.2 Å². The fourth-order valence-electron chi connectivity index (χ4n) is 1.34. The molecule has 1 aromatic carbocycles. The van der Waals surface area contributed by atoms with Gasteiger partial charge in [0.25, 0.3) is 6.17 Å². The lowest BCUT2D eigenvalue weighted by atomic mass is 10.3. The molecular formula is C11H9Cl2F6NO. The predicted molar refractivity (Wildman–Crippen MR) is 67.2 cm³/mol. The molecule has 0 saturated carbocycles. The smallest absolute Gasteiger partial charge is 0.427 e. The van der Waals surface area contributed by atoms with Crippen molar-refractivity contribution in [2.45, 2.75) is 25.4 Å². The molecule has 21 heavy (non-hydrogen) atoms. The van der Waals surface area contributed by atoms with Gasteiger partial charge in [0, 0.05) is 12.2 Å². The van der Waals surface area contributed by atoms with E-state index in [0.29, 0.717) is 12.2 Å². The van der Waals surface area contributed by atoms with Crippen LogP contribution in [0.3, 0.4) is 0 Å². The molecule has 0 aliphatic heterocycles. The first-order valence-electron chi connectivity index (χ1n) is 5.49. The number of hydrogen-bond donors (Lipinski definition) is 1. The predicted octanol–water partition coefficient (Wildman–Crippen LogP) is 5.30. The van der Waals surface area contributed by atoms with E-state index in [1.165, 1.54) is 0 Å². The molecule has 1 atom stereocenters. The third-order valence-corrected chi connectivity index (χ3v) is 2.76. The van der Waals surface area contributed by atoms with Gasteiger partial charge in [-0.05, 0) is 19.1 Å². The van der Waals surface area contributed by atoms with Crippen molar-refractivity contribution >= 4 is 28.9 Å². The van der Waals surface area contributed by atoms with E-state index in [-0.39, 0.29) is 0 Å². The molecule has 0 saturated heterocycles. The van der Waals surface area contributed by atoms with Crippen LogP contribution in [0, 0.1) is 0 Å². The van der Waals surface area contributed by atoms with Crippen LogP contribution in [0.2, 0.25) is 10.0 Å². The number of halogens is 8. The molecule has 0 aliphatic rings. The van der Waals surface area contributed by atoms with Crippen LogP contribution in [0.5, 0.6) is 5.75 Å². The minimum Gasteiger partial charge on any atom is -0.427 e. The monoisotopic (exact) mass is 355 g/mol. The van der Waals surface area contributed by atoms with Crippen molar-refractivity contribution in [2.75, 3.05) is 11.9 Å². The lowest BCUT2D eigenvalue weighted by Crippen LogP contribution is -2.45. The minimum absolute atomic E-state index is 0.343.